The number of benzene rings is 2. The van der Waals surface area contributed by atoms with Crippen LogP contribution in [-0.4, -0.2) is 36.8 Å². The molecule has 0 unspecified atom stereocenters. The van der Waals surface area contributed by atoms with Gasteiger partial charge in [0.25, 0.3) is 0 Å². The molecule has 0 fully saturated rings. The van der Waals surface area contributed by atoms with Gasteiger partial charge in [0.2, 0.25) is 11.8 Å². The summed E-state index contributed by atoms with van der Waals surface area (Å²) in [6.07, 6.45) is 1.37. The summed E-state index contributed by atoms with van der Waals surface area (Å²) >= 11 is 13.6. The Balaban J connectivity index is 1.83. The number of ether oxygens (including phenoxy) is 2. The maximum Gasteiger partial charge on any atom is 0.224 e. The van der Waals surface area contributed by atoms with Gasteiger partial charge in [0.15, 0.2) is 12.6 Å². The Hall–Kier alpha value is -3.74. The standard InChI is InChI=1S/C26H18Cl2N2O4/c1-33-25-15(13-31)9-11-21(29-25)19-7-3-5-17(23(19)27)18-6-4-8-20(24(18)28)22-12-10-16(14-32)26(30-22)34-2/h3-14H,1-2H3. The summed E-state index contributed by atoms with van der Waals surface area (Å²) < 4.78 is 10.5. The lowest BCUT2D eigenvalue weighted by molar-refractivity contribution is 0.111. The first-order valence-electron chi connectivity index (χ1n) is 10.1. The van der Waals surface area contributed by atoms with Gasteiger partial charge < -0.3 is 9.47 Å². The number of halogens is 2. The first kappa shape index (κ1) is 23.4. The molecule has 0 aliphatic carbocycles. The maximum absolute atomic E-state index is 11.2. The van der Waals surface area contributed by atoms with E-state index in [1.165, 1.54) is 14.2 Å². The number of aromatic nitrogens is 2. The highest BCUT2D eigenvalue weighted by atomic mass is 35.5. The Morgan fingerprint density at radius 1 is 0.618 bits per heavy atom. The van der Waals surface area contributed by atoms with E-state index in [1.807, 2.05) is 36.4 Å². The van der Waals surface area contributed by atoms with Crippen LogP contribution in [0.4, 0.5) is 0 Å². The molecule has 0 aliphatic heterocycles. The van der Waals surface area contributed by atoms with Crippen LogP contribution >= 0.6 is 23.2 Å². The van der Waals surface area contributed by atoms with Gasteiger partial charge in [0.1, 0.15) is 0 Å². The lowest BCUT2D eigenvalue weighted by atomic mass is 9.98. The van der Waals surface area contributed by atoms with Crippen LogP contribution in [0.5, 0.6) is 11.8 Å². The molecule has 0 radical (unpaired) electrons. The third kappa shape index (κ3) is 4.25. The van der Waals surface area contributed by atoms with Crippen LogP contribution in [0.25, 0.3) is 33.6 Å². The predicted molar refractivity (Wildman–Crippen MR) is 132 cm³/mol. The number of rotatable bonds is 7. The van der Waals surface area contributed by atoms with E-state index in [-0.39, 0.29) is 11.8 Å². The second-order valence-electron chi connectivity index (χ2n) is 7.16. The molecule has 0 spiro atoms. The molecule has 4 rings (SSSR count). The summed E-state index contributed by atoms with van der Waals surface area (Å²) in [6, 6.07) is 17.8. The topological polar surface area (TPSA) is 78.4 Å². The Labute approximate surface area is 206 Å². The molecule has 0 atom stereocenters. The van der Waals surface area contributed by atoms with Gasteiger partial charge in [-0.2, -0.15) is 0 Å². The molecule has 34 heavy (non-hydrogen) atoms. The molecule has 8 heteroatoms. The van der Waals surface area contributed by atoms with Crippen molar-refractivity contribution in [3.63, 3.8) is 0 Å². The molecule has 0 aliphatic rings. The average Bonchev–Trinajstić information content (AvgIpc) is 2.88. The minimum Gasteiger partial charge on any atom is -0.480 e. The fourth-order valence-corrected chi connectivity index (χ4v) is 4.23. The number of carbonyl (C=O) groups is 2. The normalized spacial score (nSPS) is 10.6. The van der Waals surface area contributed by atoms with Gasteiger partial charge in [0.05, 0.1) is 46.8 Å². The molecule has 2 aromatic heterocycles. The second-order valence-corrected chi connectivity index (χ2v) is 7.92. The molecule has 0 saturated carbocycles. The summed E-state index contributed by atoms with van der Waals surface area (Å²) in [7, 11) is 2.90. The smallest absolute Gasteiger partial charge is 0.224 e. The average molecular weight is 493 g/mol. The van der Waals surface area contributed by atoms with E-state index in [2.05, 4.69) is 9.97 Å². The minimum absolute atomic E-state index is 0.216. The molecule has 0 bridgehead atoms. The highest BCUT2D eigenvalue weighted by molar-refractivity contribution is 6.39. The van der Waals surface area contributed by atoms with E-state index >= 15 is 0 Å². The number of nitrogens with zero attached hydrogens (tertiary/aromatic N) is 2. The zero-order chi connectivity index (χ0) is 24.2. The molecular formula is C26H18Cl2N2O4. The molecule has 170 valence electrons. The zero-order valence-electron chi connectivity index (χ0n) is 18.2. The first-order chi connectivity index (χ1) is 16.5. The Bertz CT molecular complexity index is 1300. The van der Waals surface area contributed by atoms with Crippen LogP contribution in [0.3, 0.4) is 0 Å². The first-order valence-corrected chi connectivity index (χ1v) is 10.9. The Morgan fingerprint density at radius 3 is 1.35 bits per heavy atom. The van der Waals surface area contributed by atoms with E-state index in [9.17, 15) is 9.59 Å². The maximum atomic E-state index is 11.2. The summed E-state index contributed by atoms with van der Waals surface area (Å²) in [4.78, 5) is 31.3. The predicted octanol–water partition coefficient (Wildman–Crippen LogP) is 6.43. The number of methoxy groups -OCH3 is 2. The summed E-state index contributed by atoms with van der Waals surface area (Å²) in [6.45, 7) is 0. The van der Waals surface area contributed by atoms with Gasteiger partial charge in [-0.15, -0.1) is 0 Å². The van der Waals surface area contributed by atoms with Gasteiger partial charge in [-0.25, -0.2) is 9.97 Å². The highest BCUT2D eigenvalue weighted by Crippen LogP contribution is 2.42. The van der Waals surface area contributed by atoms with Gasteiger partial charge in [-0.1, -0.05) is 59.6 Å². The van der Waals surface area contributed by atoms with E-state index < -0.39 is 0 Å². The third-order valence-electron chi connectivity index (χ3n) is 5.26. The fraction of sp³-hybridized carbons (Fsp3) is 0.0769. The summed E-state index contributed by atoms with van der Waals surface area (Å²) in [5.41, 5.74) is 4.51. The SMILES string of the molecule is COc1nc(-c2cccc(-c3cccc(-c4ccc(C=O)c(OC)n4)c3Cl)c2Cl)ccc1C=O. The van der Waals surface area contributed by atoms with Gasteiger partial charge >= 0.3 is 0 Å². The number of aldehydes is 2. The van der Waals surface area contributed by atoms with Crippen molar-refractivity contribution >= 4 is 35.8 Å². The van der Waals surface area contributed by atoms with E-state index in [0.29, 0.717) is 67.4 Å². The Morgan fingerprint density at radius 2 is 1.00 bits per heavy atom. The summed E-state index contributed by atoms with van der Waals surface area (Å²) in [5.74, 6) is 0.431. The van der Waals surface area contributed by atoms with Crippen molar-refractivity contribution in [1.29, 1.82) is 0 Å². The lowest BCUT2D eigenvalue weighted by Gasteiger charge is -2.14. The van der Waals surface area contributed by atoms with Crippen LogP contribution in [0.15, 0.2) is 60.7 Å². The Kier molecular flexibility index (Phi) is 6.91. The number of hydrogen-bond acceptors (Lipinski definition) is 6. The van der Waals surface area contributed by atoms with Crippen molar-refractivity contribution in [3.8, 4) is 45.4 Å². The van der Waals surface area contributed by atoms with Crippen molar-refractivity contribution in [2.24, 2.45) is 0 Å². The minimum atomic E-state index is 0.216. The number of carbonyl (C=O) groups excluding carboxylic acids is 2. The van der Waals surface area contributed by atoms with Gasteiger partial charge in [0, 0.05) is 22.3 Å². The lowest BCUT2D eigenvalue weighted by Crippen LogP contribution is -1.97. The molecule has 6 nitrogen and oxygen atoms in total. The number of pyridine rings is 2. The van der Waals surface area contributed by atoms with E-state index in [4.69, 9.17) is 32.7 Å². The number of hydrogen-bond donors (Lipinski definition) is 0. The van der Waals surface area contributed by atoms with Crippen molar-refractivity contribution < 1.29 is 19.1 Å². The summed E-state index contributed by atoms with van der Waals surface area (Å²) in [5, 5.41) is 0.883. The van der Waals surface area contributed by atoms with Crippen LogP contribution in [0.1, 0.15) is 20.7 Å². The van der Waals surface area contributed by atoms with E-state index in [0.717, 1.165) is 0 Å². The van der Waals surface area contributed by atoms with Crippen molar-refractivity contribution in [2.75, 3.05) is 14.2 Å². The van der Waals surface area contributed by atoms with Crippen LogP contribution in [0, 0.1) is 0 Å². The monoisotopic (exact) mass is 492 g/mol. The van der Waals surface area contributed by atoms with Crippen LogP contribution in [-0.2, 0) is 0 Å². The van der Waals surface area contributed by atoms with Gasteiger partial charge in [-0.3, -0.25) is 9.59 Å². The van der Waals surface area contributed by atoms with Crippen LogP contribution < -0.4 is 9.47 Å². The van der Waals surface area contributed by atoms with Gasteiger partial charge in [-0.05, 0) is 24.3 Å². The van der Waals surface area contributed by atoms with Crippen LogP contribution in [0.2, 0.25) is 10.0 Å². The molecule has 4 aromatic rings. The molecule has 2 aromatic carbocycles. The second kappa shape index (κ2) is 10.0. The fourth-order valence-electron chi connectivity index (χ4n) is 3.58. The molecule has 0 amide bonds. The van der Waals surface area contributed by atoms with Crippen molar-refractivity contribution in [2.45, 2.75) is 0 Å². The molecule has 2 heterocycles. The molecule has 0 N–H and O–H groups in total. The third-order valence-corrected chi connectivity index (χ3v) is 6.07. The van der Waals surface area contributed by atoms with Crippen molar-refractivity contribution in [1.82, 2.24) is 9.97 Å². The molecule has 0 saturated heterocycles. The quantitative estimate of drug-likeness (QED) is 0.276. The van der Waals surface area contributed by atoms with E-state index in [1.54, 1.807) is 24.3 Å². The highest BCUT2D eigenvalue weighted by Gasteiger charge is 2.18. The zero-order valence-corrected chi connectivity index (χ0v) is 19.7. The van der Waals surface area contributed by atoms with Crippen molar-refractivity contribution in [3.05, 3.63) is 81.8 Å². The largest absolute Gasteiger partial charge is 0.480 e. The molecular weight excluding hydrogens is 475 g/mol.